The summed E-state index contributed by atoms with van der Waals surface area (Å²) in [4.78, 5) is 4.51. The van der Waals surface area contributed by atoms with Gasteiger partial charge in [0.15, 0.2) is 0 Å². The molecule has 118 valence electrons. The van der Waals surface area contributed by atoms with E-state index in [0.717, 1.165) is 11.3 Å². The van der Waals surface area contributed by atoms with Crippen LogP contribution >= 0.6 is 11.6 Å². The maximum Gasteiger partial charge on any atom is 0.243 e. The van der Waals surface area contributed by atoms with Crippen LogP contribution in [-0.2, 0) is 16.4 Å². The van der Waals surface area contributed by atoms with Crippen LogP contribution in [0, 0.1) is 13.8 Å². The number of halogens is 1. The van der Waals surface area contributed by atoms with Crippen LogP contribution in [0.1, 0.15) is 16.8 Å². The lowest BCUT2D eigenvalue weighted by atomic mass is 10.2. The maximum atomic E-state index is 12.7. The number of aromatic nitrogens is 1. The predicted molar refractivity (Wildman–Crippen MR) is 88.7 cm³/mol. The number of likely N-dealkylation sites (N-methyl/N-ethyl adjacent to an activating group) is 1. The van der Waals surface area contributed by atoms with Gasteiger partial charge in [-0.2, -0.15) is 0 Å². The first kappa shape index (κ1) is 16.9. The fourth-order valence-corrected chi connectivity index (χ4v) is 3.82. The molecule has 1 aromatic heterocycles. The van der Waals surface area contributed by atoms with E-state index in [1.807, 2.05) is 18.2 Å². The van der Waals surface area contributed by atoms with Crippen molar-refractivity contribution in [2.75, 3.05) is 13.6 Å². The highest BCUT2D eigenvalue weighted by Crippen LogP contribution is 2.25. The molecular formula is C16H19ClN2O2S. The molecule has 6 heteroatoms. The third-order valence-electron chi connectivity index (χ3n) is 3.55. The van der Waals surface area contributed by atoms with Crippen LogP contribution in [0.5, 0.6) is 0 Å². The van der Waals surface area contributed by atoms with Crippen LogP contribution in [0.2, 0.25) is 5.02 Å². The van der Waals surface area contributed by atoms with Gasteiger partial charge in [0.25, 0.3) is 0 Å². The molecular weight excluding hydrogens is 320 g/mol. The molecule has 0 radical (unpaired) electrons. The molecule has 0 spiro atoms. The number of hydrogen-bond donors (Lipinski definition) is 0. The van der Waals surface area contributed by atoms with E-state index in [1.54, 1.807) is 39.2 Å². The molecule has 1 aromatic carbocycles. The number of benzene rings is 1. The average molecular weight is 339 g/mol. The molecule has 2 aromatic rings. The van der Waals surface area contributed by atoms with Gasteiger partial charge in [-0.15, -0.1) is 0 Å². The SMILES string of the molecule is Cc1cc(S(=O)(=O)N(C)CCc2ccccn2)c(C)cc1Cl. The molecule has 0 aliphatic rings. The van der Waals surface area contributed by atoms with Gasteiger partial charge in [0, 0.05) is 36.9 Å². The zero-order valence-electron chi connectivity index (χ0n) is 12.9. The Kier molecular flexibility index (Phi) is 5.21. The fraction of sp³-hybridized carbons (Fsp3) is 0.312. The number of hydrogen-bond acceptors (Lipinski definition) is 3. The summed E-state index contributed by atoms with van der Waals surface area (Å²) >= 11 is 6.04. The van der Waals surface area contributed by atoms with Gasteiger partial charge in [-0.05, 0) is 49.2 Å². The number of aryl methyl sites for hydroxylation is 2. The molecule has 0 bridgehead atoms. The van der Waals surface area contributed by atoms with Crippen LogP contribution in [-0.4, -0.2) is 31.3 Å². The Morgan fingerprint density at radius 2 is 1.91 bits per heavy atom. The smallest absolute Gasteiger partial charge is 0.243 e. The third kappa shape index (κ3) is 3.66. The summed E-state index contributed by atoms with van der Waals surface area (Å²) in [6.45, 7) is 3.93. The molecule has 2 rings (SSSR count). The predicted octanol–water partition coefficient (Wildman–Crippen LogP) is 3.22. The summed E-state index contributed by atoms with van der Waals surface area (Å²) in [5.74, 6) is 0. The number of nitrogens with zero attached hydrogens (tertiary/aromatic N) is 2. The lowest BCUT2D eigenvalue weighted by molar-refractivity contribution is 0.470. The van der Waals surface area contributed by atoms with Crippen LogP contribution in [0.4, 0.5) is 0 Å². The Balaban J connectivity index is 2.21. The van der Waals surface area contributed by atoms with Gasteiger partial charge >= 0.3 is 0 Å². The Labute approximate surface area is 136 Å². The van der Waals surface area contributed by atoms with E-state index in [0.29, 0.717) is 28.4 Å². The Hall–Kier alpha value is -1.43. The Bertz CT molecular complexity index is 761. The van der Waals surface area contributed by atoms with Crippen LogP contribution in [0.25, 0.3) is 0 Å². The van der Waals surface area contributed by atoms with Crippen LogP contribution < -0.4 is 0 Å². The monoisotopic (exact) mass is 338 g/mol. The van der Waals surface area contributed by atoms with Gasteiger partial charge in [0.2, 0.25) is 10.0 Å². The van der Waals surface area contributed by atoms with Crippen molar-refractivity contribution in [3.05, 3.63) is 58.4 Å². The molecule has 0 amide bonds. The first-order valence-corrected chi connectivity index (χ1v) is 8.77. The molecule has 0 unspecified atom stereocenters. The van der Waals surface area contributed by atoms with E-state index >= 15 is 0 Å². The minimum absolute atomic E-state index is 0.304. The van der Waals surface area contributed by atoms with Crippen molar-refractivity contribution in [1.29, 1.82) is 0 Å². The van der Waals surface area contributed by atoms with Crippen molar-refractivity contribution in [2.24, 2.45) is 0 Å². The number of sulfonamides is 1. The molecule has 0 aliphatic heterocycles. The van der Waals surface area contributed by atoms with E-state index in [2.05, 4.69) is 4.98 Å². The summed E-state index contributed by atoms with van der Waals surface area (Å²) in [5, 5.41) is 0.576. The van der Waals surface area contributed by atoms with E-state index < -0.39 is 10.0 Å². The zero-order valence-corrected chi connectivity index (χ0v) is 14.4. The van der Waals surface area contributed by atoms with Crippen molar-refractivity contribution in [2.45, 2.75) is 25.2 Å². The molecule has 22 heavy (non-hydrogen) atoms. The van der Waals surface area contributed by atoms with Crippen molar-refractivity contribution in [1.82, 2.24) is 9.29 Å². The van der Waals surface area contributed by atoms with Crippen molar-refractivity contribution >= 4 is 21.6 Å². The van der Waals surface area contributed by atoms with E-state index in [-0.39, 0.29) is 0 Å². The highest BCUT2D eigenvalue weighted by molar-refractivity contribution is 7.89. The second-order valence-electron chi connectivity index (χ2n) is 5.26. The summed E-state index contributed by atoms with van der Waals surface area (Å²) in [6, 6.07) is 8.94. The van der Waals surface area contributed by atoms with Crippen molar-refractivity contribution in [3.8, 4) is 0 Å². The van der Waals surface area contributed by atoms with Gasteiger partial charge < -0.3 is 0 Å². The van der Waals surface area contributed by atoms with Gasteiger partial charge in [-0.3, -0.25) is 4.98 Å². The molecule has 0 N–H and O–H groups in total. The van der Waals surface area contributed by atoms with E-state index in [1.165, 1.54) is 4.31 Å². The van der Waals surface area contributed by atoms with Crippen molar-refractivity contribution in [3.63, 3.8) is 0 Å². The highest BCUT2D eigenvalue weighted by atomic mass is 35.5. The lowest BCUT2D eigenvalue weighted by Gasteiger charge is -2.19. The molecule has 4 nitrogen and oxygen atoms in total. The van der Waals surface area contributed by atoms with Gasteiger partial charge in [0.05, 0.1) is 4.90 Å². The van der Waals surface area contributed by atoms with E-state index in [4.69, 9.17) is 11.6 Å². The number of rotatable bonds is 5. The van der Waals surface area contributed by atoms with Crippen LogP contribution in [0.3, 0.4) is 0 Å². The zero-order chi connectivity index (χ0) is 16.3. The first-order chi connectivity index (χ1) is 10.3. The fourth-order valence-electron chi connectivity index (χ4n) is 2.14. The minimum Gasteiger partial charge on any atom is -0.261 e. The first-order valence-electron chi connectivity index (χ1n) is 6.95. The van der Waals surface area contributed by atoms with Crippen molar-refractivity contribution < 1.29 is 8.42 Å². The molecule has 0 saturated heterocycles. The number of pyridine rings is 1. The standard InChI is InChI=1S/C16H19ClN2O2S/c1-12-11-16(13(2)10-15(12)17)22(20,21)19(3)9-7-14-6-4-5-8-18-14/h4-6,8,10-11H,7,9H2,1-3H3. The quantitative estimate of drug-likeness (QED) is 0.841. The highest BCUT2D eigenvalue weighted by Gasteiger charge is 2.23. The Morgan fingerprint density at radius 3 is 2.55 bits per heavy atom. The largest absolute Gasteiger partial charge is 0.261 e. The topological polar surface area (TPSA) is 50.3 Å². The summed E-state index contributed by atoms with van der Waals surface area (Å²) in [6.07, 6.45) is 2.28. The van der Waals surface area contributed by atoms with E-state index in [9.17, 15) is 8.42 Å². The van der Waals surface area contributed by atoms with Gasteiger partial charge in [0.1, 0.15) is 0 Å². The normalized spacial score (nSPS) is 11.9. The van der Waals surface area contributed by atoms with Gasteiger partial charge in [-0.1, -0.05) is 17.7 Å². The van der Waals surface area contributed by atoms with Crippen LogP contribution in [0.15, 0.2) is 41.4 Å². The molecule has 1 heterocycles. The lowest BCUT2D eigenvalue weighted by Crippen LogP contribution is -2.29. The van der Waals surface area contributed by atoms with Gasteiger partial charge in [-0.25, -0.2) is 12.7 Å². The minimum atomic E-state index is -3.53. The molecule has 0 atom stereocenters. The molecule has 0 saturated carbocycles. The Morgan fingerprint density at radius 1 is 1.18 bits per heavy atom. The average Bonchev–Trinajstić information content (AvgIpc) is 2.49. The third-order valence-corrected chi connectivity index (χ3v) is 5.96. The maximum absolute atomic E-state index is 12.7. The summed E-state index contributed by atoms with van der Waals surface area (Å²) in [5.41, 5.74) is 2.28. The second kappa shape index (κ2) is 6.77. The summed E-state index contributed by atoms with van der Waals surface area (Å²) < 4.78 is 26.8. The molecule has 0 aliphatic carbocycles. The molecule has 0 fully saturated rings. The second-order valence-corrected chi connectivity index (χ2v) is 7.69. The summed E-state index contributed by atoms with van der Waals surface area (Å²) in [7, 11) is -1.95.